The molecule has 15 nitrogen and oxygen atoms in total. The molecule has 4 heterocycles. The summed E-state index contributed by atoms with van der Waals surface area (Å²) >= 11 is 0. The van der Waals surface area contributed by atoms with Crippen molar-refractivity contribution in [1.82, 2.24) is 29.9 Å². The summed E-state index contributed by atoms with van der Waals surface area (Å²) in [5.41, 5.74) is 4.67. The topological polar surface area (TPSA) is 240 Å². The number of aromatic nitrogens is 6. The van der Waals surface area contributed by atoms with Crippen molar-refractivity contribution in [3.05, 3.63) is 128 Å². The number of rotatable bonds is 9. The summed E-state index contributed by atoms with van der Waals surface area (Å²) in [6.07, 6.45) is 4.57. The van der Waals surface area contributed by atoms with Gasteiger partial charge >= 0.3 is 0 Å². The zero-order valence-electron chi connectivity index (χ0n) is 27.3. The summed E-state index contributed by atoms with van der Waals surface area (Å²) < 4.78 is 97.6. The third kappa shape index (κ3) is 7.93. The van der Waals surface area contributed by atoms with Crippen LogP contribution in [0.25, 0.3) is 67.9 Å². The van der Waals surface area contributed by atoms with E-state index in [1.165, 1.54) is 91.4 Å². The van der Waals surface area contributed by atoms with Crippen molar-refractivity contribution in [3.8, 4) is 67.9 Å². The Morgan fingerprint density at radius 2 is 0.574 bits per heavy atom. The second-order valence-corrected chi connectivity index (χ2v) is 15.9. The molecule has 0 aliphatic heterocycles. The maximum atomic E-state index is 11.6. The van der Waals surface area contributed by atoms with E-state index in [0.29, 0.717) is 50.5 Å². The number of pyridine rings is 3. The Labute approximate surface area is 308 Å². The molecule has 0 saturated carbocycles. The SMILES string of the molecule is O=S(=O)(O)c1ccc(-c2ccnc(-c3nc(-c4cc(-c5ccc(S(=O)(=O)O)cc5)ccn4)nc(-c4cc(-c5ccc(S(=O)(=O)O)cc5)ccn4)n3)c2)cc1. The summed E-state index contributed by atoms with van der Waals surface area (Å²) in [5.74, 6) is 0.377. The fourth-order valence-corrected chi connectivity index (χ4v) is 6.81. The largest absolute Gasteiger partial charge is 0.294 e. The average molecular weight is 781 g/mol. The monoisotopic (exact) mass is 780 g/mol. The second kappa shape index (κ2) is 14.0. The van der Waals surface area contributed by atoms with Gasteiger partial charge in [0.05, 0.1) is 14.7 Å². The molecule has 0 atom stereocenters. The lowest BCUT2D eigenvalue weighted by Crippen LogP contribution is -2.03. The first-order chi connectivity index (χ1) is 25.6. The quantitative estimate of drug-likeness (QED) is 0.147. The van der Waals surface area contributed by atoms with Crippen molar-refractivity contribution < 1.29 is 38.9 Å². The average Bonchev–Trinajstić information content (AvgIpc) is 3.17. The van der Waals surface area contributed by atoms with Crippen LogP contribution in [0.4, 0.5) is 0 Å². The van der Waals surface area contributed by atoms with Crippen LogP contribution < -0.4 is 0 Å². The fraction of sp³-hybridized carbons (Fsp3) is 0. The lowest BCUT2D eigenvalue weighted by atomic mass is 10.1. The van der Waals surface area contributed by atoms with Crippen LogP contribution in [-0.4, -0.2) is 68.8 Å². The molecule has 3 aromatic carbocycles. The highest BCUT2D eigenvalue weighted by atomic mass is 32.2. The van der Waals surface area contributed by atoms with Gasteiger partial charge in [0, 0.05) is 18.6 Å². The zero-order valence-corrected chi connectivity index (χ0v) is 29.8. The zero-order chi connectivity index (χ0) is 38.3. The Bertz CT molecular complexity index is 2560. The summed E-state index contributed by atoms with van der Waals surface area (Å²) in [4.78, 5) is 26.7. The van der Waals surface area contributed by atoms with Gasteiger partial charge in [-0.25, -0.2) is 15.0 Å². The van der Waals surface area contributed by atoms with E-state index >= 15 is 0 Å². The number of hydrogen-bond acceptors (Lipinski definition) is 12. The maximum absolute atomic E-state index is 11.6. The first-order valence-corrected chi connectivity index (χ1v) is 19.8. The molecule has 7 aromatic rings. The molecule has 0 aliphatic carbocycles. The molecular formula is C36H24N6O9S3. The summed E-state index contributed by atoms with van der Waals surface area (Å²) in [6.45, 7) is 0. The van der Waals surface area contributed by atoms with Crippen molar-refractivity contribution in [3.63, 3.8) is 0 Å². The van der Waals surface area contributed by atoms with E-state index in [-0.39, 0.29) is 32.2 Å². The van der Waals surface area contributed by atoms with Gasteiger partial charge in [-0.3, -0.25) is 28.6 Å². The van der Waals surface area contributed by atoms with Crippen molar-refractivity contribution in [2.45, 2.75) is 14.7 Å². The van der Waals surface area contributed by atoms with Gasteiger partial charge in [0.1, 0.15) is 17.1 Å². The van der Waals surface area contributed by atoms with Gasteiger partial charge in [-0.05, 0) is 106 Å². The lowest BCUT2D eigenvalue weighted by molar-refractivity contribution is 0.481. The van der Waals surface area contributed by atoms with E-state index in [2.05, 4.69) is 15.0 Å². The first-order valence-electron chi connectivity index (χ1n) is 15.5. The van der Waals surface area contributed by atoms with Crippen molar-refractivity contribution >= 4 is 30.4 Å². The van der Waals surface area contributed by atoms with E-state index in [9.17, 15) is 38.9 Å². The second-order valence-electron chi connectivity index (χ2n) is 11.6. The molecule has 0 saturated heterocycles. The van der Waals surface area contributed by atoms with Crippen LogP contribution in [0.1, 0.15) is 0 Å². The lowest BCUT2D eigenvalue weighted by Gasteiger charge is -2.10. The van der Waals surface area contributed by atoms with Gasteiger partial charge in [-0.1, -0.05) is 36.4 Å². The molecule has 270 valence electrons. The molecule has 4 aromatic heterocycles. The summed E-state index contributed by atoms with van der Waals surface area (Å²) in [5, 5.41) is 0. The highest BCUT2D eigenvalue weighted by Gasteiger charge is 2.18. The molecule has 7 rings (SSSR count). The van der Waals surface area contributed by atoms with Gasteiger partial charge in [-0.15, -0.1) is 0 Å². The van der Waals surface area contributed by atoms with Gasteiger partial charge in [0.25, 0.3) is 30.4 Å². The van der Waals surface area contributed by atoms with Gasteiger partial charge in [-0.2, -0.15) is 25.3 Å². The summed E-state index contributed by atoms with van der Waals surface area (Å²) in [6, 6.07) is 27.0. The van der Waals surface area contributed by atoms with E-state index in [1.54, 1.807) is 36.4 Å². The predicted molar refractivity (Wildman–Crippen MR) is 195 cm³/mol. The molecule has 0 fully saturated rings. The minimum atomic E-state index is -4.39. The maximum Gasteiger partial charge on any atom is 0.294 e. The van der Waals surface area contributed by atoms with Crippen LogP contribution in [0.15, 0.2) is 142 Å². The molecular weight excluding hydrogens is 757 g/mol. The smallest absolute Gasteiger partial charge is 0.282 e. The molecule has 54 heavy (non-hydrogen) atoms. The van der Waals surface area contributed by atoms with Crippen LogP contribution in [0.2, 0.25) is 0 Å². The Morgan fingerprint density at radius 3 is 0.796 bits per heavy atom. The Hall–Kier alpha value is -6.15. The van der Waals surface area contributed by atoms with Crippen molar-refractivity contribution in [2.75, 3.05) is 0 Å². The summed E-state index contributed by atoms with van der Waals surface area (Å²) in [7, 11) is -13.2. The highest BCUT2D eigenvalue weighted by Crippen LogP contribution is 2.30. The Balaban J connectivity index is 1.34. The van der Waals surface area contributed by atoms with E-state index in [0.717, 1.165) is 0 Å². The third-order valence-electron chi connectivity index (χ3n) is 8.06. The van der Waals surface area contributed by atoms with Crippen LogP contribution in [0.3, 0.4) is 0 Å². The molecule has 0 radical (unpaired) electrons. The van der Waals surface area contributed by atoms with Crippen LogP contribution in [0.5, 0.6) is 0 Å². The Morgan fingerprint density at radius 1 is 0.333 bits per heavy atom. The molecule has 0 spiro atoms. The minimum absolute atomic E-state index is 0.126. The van der Waals surface area contributed by atoms with Gasteiger partial charge in [0.15, 0.2) is 17.5 Å². The van der Waals surface area contributed by atoms with Crippen LogP contribution in [0, 0.1) is 0 Å². The number of benzene rings is 3. The van der Waals surface area contributed by atoms with E-state index in [4.69, 9.17) is 15.0 Å². The van der Waals surface area contributed by atoms with Crippen LogP contribution >= 0.6 is 0 Å². The van der Waals surface area contributed by atoms with Crippen molar-refractivity contribution in [1.29, 1.82) is 0 Å². The normalized spacial score (nSPS) is 12.1. The molecule has 3 N–H and O–H groups in total. The number of nitrogens with zero attached hydrogens (tertiary/aromatic N) is 6. The molecule has 0 unspecified atom stereocenters. The Kier molecular flexibility index (Phi) is 9.40. The molecule has 0 aliphatic rings. The standard InChI is InChI=1S/C36H24N6O9S3/c43-52(44,45)28-7-1-22(2-8-28)25-13-16-37-31(19-25)34-40-35(32-20-26(14-17-38-32)23-3-9-29(10-4-23)53(46,47)48)42-36(41-34)33-21-27(15-18-39-33)24-5-11-30(12-6-24)54(49,50)51/h1-21H,(H,43,44,45)(H,46,47,48)(H,49,50,51). The molecule has 0 bridgehead atoms. The van der Waals surface area contributed by atoms with Gasteiger partial charge in [0.2, 0.25) is 0 Å². The van der Waals surface area contributed by atoms with Crippen molar-refractivity contribution in [2.24, 2.45) is 0 Å². The molecule has 0 amide bonds. The first kappa shape index (κ1) is 36.2. The third-order valence-corrected chi connectivity index (χ3v) is 10.7. The molecule has 18 heteroatoms. The minimum Gasteiger partial charge on any atom is -0.282 e. The van der Waals surface area contributed by atoms with Crippen LogP contribution in [-0.2, 0) is 30.4 Å². The van der Waals surface area contributed by atoms with Gasteiger partial charge < -0.3 is 0 Å². The van der Waals surface area contributed by atoms with E-state index in [1.807, 2.05) is 0 Å². The fourth-order valence-electron chi connectivity index (χ4n) is 5.37. The number of hydrogen-bond donors (Lipinski definition) is 3. The highest BCUT2D eigenvalue weighted by molar-refractivity contribution is 7.86. The van der Waals surface area contributed by atoms with E-state index < -0.39 is 30.4 Å². The predicted octanol–water partition coefficient (Wildman–Crippen LogP) is 5.80.